The van der Waals surface area contributed by atoms with Gasteiger partial charge < -0.3 is 10.2 Å². The molecule has 2 N–H and O–H groups in total. The fourth-order valence-electron chi connectivity index (χ4n) is 2.66. The molecule has 1 unspecified atom stereocenters. The van der Waals surface area contributed by atoms with Crippen LogP contribution < -0.4 is 0 Å². The molecule has 0 heterocycles. The number of hydrogen-bond donors (Lipinski definition) is 2. The minimum absolute atomic E-state index is 0.0168. The van der Waals surface area contributed by atoms with Gasteiger partial charge in [0.05, 0.1) is 18.1 Å². The highest BCUT2D eigenvalue weighted by molar-refractivity contribution is 6.09. The predicted molar refractivity (Wildman–Crippen MR) is 83.5 cm³/mol. The molecule has 0 fully saturated rings. The van der Waals surface area contributed by atoms with E-state index in [0.29, 0.717) is 11.1 Å². The summed E-state index contributed by atoms with van der Waals surface area (Å²) in [6, 6.07) is 12.2. The molecular weight excluding hydrogens is 280 g/mol. The van der Waals surface area contributed by atoms with E-state index in [1.807, 2.05) is 6.07 Å². The first kappa shape index (κ1) is 15.9. The van der Waals surface area contributed by atoms with Gasteiger partial charge in [0.2, 0.25) is 0 Å². The zero-order chi connectivity index (χ0) is 16.3. The lowest BCUT2D eigenvalue weighted by molar-refractivity contribution is 0.0689. The Hall–Kier alpha value is -2.46. The molecule has 1 atom stereocenters. The highest BCUT2D eigenvalue weighted by Crippen LogP contribution is 2.26. The second kappa shape index (κ2) is 6.54. The van der Waals surface area contributed by atoms with Gasteiger partial charge in [0.25, 0.3) is 0 Å². The van der Waals surface area contributed by atoms with Gasteiger partial charge in [-0.15, -0.1) is 0 Å². The lowest BCUT2D eigenvalue weighted by atomic mass is 9.86. The maximum absolute atomic E-state index is 12.8. The van der Waals surface area contributed by atoms with Crippen LogP contribution in [0.5, 0.6) is 0 Å². The van der Waals surface area contributed by atoms with Crippen molar-refractivity contribution in [3.8, 4) is 0 Å². The van der Waals surface area contributed by atoms with Crippen molar-refractivity contribution in [1.82, 2.24) is 0 Å². The molecule has 4 nitrogen and oxygen atoms in total. The maximum Gasteiger partial charge on any atom is 0.336 e. The van der Waals surface area contributed by atoms with Crippen LogP contribution in [0.15, 0.2) is 42.5 Å². The van der Waals surface area contributed by atoms with E-state index in [-0.39, 0.29) is 23.5 Å². The molecule has 0 aromatic heterocycles. The third-order valence-electron chi connectivity index (χ3n) is 3.66. The van der Waals surface area contributed by atoms with E-state index < -0.39 is 11.9 Å². The first-order valence-corrected chi connectivity index (χ1v) is 7.00. The topological polar surface area (TPSA) is 74.6 Å². The third kappa shape index (κ3) is 3.07. The number of rotatable bonds is 5. The first-order valence-electron chi connectivity index (χ1n) is 7.00. The van der Waals surface area contributed by atoms with Gasteiger partial charge in [-0.25, -0.2) is 4.79 Å². The van der Waals surface area contributed by atoms with Crippen molar-refractivity contribution < 1.29 is 19.8 Å². The highest BCUT2D eigenvalue weighted by atomic mass is 16.4. The van der Waals surface area contributed by atoms with Gasteiger partial charge >= 0.3 is 5.97 Å². The molecular formula is C18H18O4. The Labute approximate surface area is 129 Å². The molecule has 0 aliphatic rings. The lowest BCUT2D eigenvalue weighted by Crippen LogP contribution is -2.21. The summed E-state index contributed by atoms with van der Waals surface area (Å²) >= 11 is 0. The summed E-state index contributed by atoms with van der Waals surface area (Å²) in [4.78, 5) is 24.3. The van der Waals surface area contributed by atoms with Crippen LogP contribution in [0.2, 0.25) is 0 Å². The molecule has 0 aliphatic heterocycles. The largest absolute Gasteiger partial charge is 0.478 e. The van der Waals surface area contributed by atoms with Gasteiger partial charge in [-0.2, -0.15) is 0 Å². The standard InChI is InChI=1S/C18H18O4/c1-11-8-12(2)16(14(9-11)18(21)22)17(20)15(10-19)13-6-4-3-5-7-13/h3-9,15,19H,10H2,1-2H3,(H,21,22). The molecule has 4 heteroatoms. The molecule has 114 valence electrons. The number of carboxylic acids is 1. The number of aliphatic hydroxyl groups excluding tert-OH is 1. The Balaban J connectivity index is 2.55. The SMILES string of the molecule is Cc1cc(C)c(C(=O)C(CO)c2ccccc2)c(C(=O)O)c1. The van der Waals surface area contributed by atoms with Crippen LogP contribution in [0, 0.1) is 13.8 Å². The molecule has 2 rings (SSSR count). The Morgan fingerprint density at radius 3 is 2.27 bits per heavy atom. The van der Waals surface area contributed by atoms with Crippen molar-refractivity contribution in [2.75, 3.05) is 6.61 Å². The number of aromatic carboxylic acids is 1. The summed E-state index contributed by atoms with van der Waals surface area (Å²) in [6.45, 7) is 3.13. The van der Waals surface area contributed by atoms with Crippen molar-refractivity contribution >= 4 is 11.8 Å². The van der Waals surface area contributed by atoms with E-state index in [4.69, 9.17) is 0 Å². The summed E-state index contributed by atoms with van der Waals surface area (Å²) in [6.07, 6.45) is 0. The quantitative estimate of drug-likeness (QED) is 0.832. The summed E-state index contributed by atoms with van der Waals surface area (Å²) in [5.74, 6) is -2.27. The fraction of sp³-hybridized carbons (Fsp3) is 0.222. The molecule has 0 saturated carbocycles. The van der Waals surface area contributed by atoms with Gasteiger partial charge in [0.1, 0.15) is 0 Å². The second-order valence-electron chi connectivity index (χ2n) is 5.32. The van der Waals surface area contributed by atoms with Gasteiger partial charge in [0.15, 0.2) is 5.78 Å². The third-order valence-corrected chi connectivity index (χ3v) is 3.66. The fourth-order valence-corrected chi connectivity index (χ4v) is 2.66. The average molecular weight is 298 g/mol. The minimum Gasteiger partial charge on any atom is -0.478 e. The minimum atomic E-state index is -1.14. The van der Waals surface area contributed by atoms with Crippen LogP contribution in [0.25, 0.3) is 0 Å². The van der Waals surface area contributed by atoms with Crippen LogP contribution >= 0.6 is 0 Å². The number of Topliss-reactive ketones (excluding diaryl/α,β-unsaturated/α-hetero) is 1. The van der Waals surface area contributed by atoms with Crippen LogP contribution in [0.3, 0.4) is 0 Å². The van der Waals surface area contributed by atoms with Crippen LogP contribution in [0.1, 0.15) is 43.3 Å². The first-order chi connectivity index (χ1) is 10.5. The Bertz CT molecular complexity index is 705. The van der Waals surface area contributed by atoms with E-state index in [1.54, 1.807) is 44.2 Å². The molecule has 0 radical (unpaired) electrons. The molecule has 0 saturated heterocycles. The summed E-state index contributed by atoms with van der Waals surface area (Å²) in [5, 5.41) is 19.0. The van der Waals surface area contributed by atoms with E-state index >= 15 is 0 Å². The number of carbonyl (C=O) groups excluding carboxylic acids is 1. The summed E-state index contributed by atoms with van der Waals surface area (Å²) < 4.78 is 0. The molecule has 2 aromatic carbocycles. The van der Waals surface area contributed by atoms with E-state index in [1.165, 1.54) is 6.07 Å². The number of benzene rings is 2. The number of carbonyl (C=O) groups is 2. The van der Waals surface area contributed by atoms with Gasteiger partial charge in [-0.3, -0.25) is 4.79 Å². The molecule has 0 amide bonds. The van der Waals surface area contributed by atoms with E-state index in [9.17, 15) is 19.8 Å². The Kier molecular flexibility index (Phi) is 4.73. The predicted octanol–water partition coefficient (Wildman–Crippen LogP) is 2.96. The van der Waals surface area contributed by atoms with Crippen molar-refractivity contribution in [3.05, 3.63) is 70.3 Å². The van der Waals surface area contributed by atoms with Gasteiger partial charge in [-0.05, 0) is 36.6 Å². The van der Waals surface area contributed by atoms with Crippen LogP contribution in [0.4, 0.5) is 0 Å². The molecule has 0 bridgehead atoms. The van der Waals surface area contributed by atoms with Gasteiger partial charge in [0, 0.05) is 5.56 Å². The maximum atomic E-state index is 12.8. The number of hydrogen-bond acceptors (Lipinski definition) is 3. The average Bonchev–Trinajstić information content (AvgIpc) is 2.48. The van der Waals surface area contributed by atoms with Gasteiger partial charge in [-0.1, -0.05) is 36.4 Å². The molecule has 0 spiro atoms. The zero-order valence-corrected chi connectivity index (χ0v) is 12.5. The van der Waals surface area contributed by atoms with Crippen molar-refractivity contribution in [3.63, 3.8) is 0 Å². The number of ketones is 1. The molecule has 2 aromatic rings. The van der Waals surface area contributed by atoms with E-state index in [2.05, 4.69) is 0 Å². The number of aryl methyl sites for hydroxylation is 2. The normalized spacial score (nSPS) is 12.0. The summed E-state index contributed by atoms with van der Waals surface area (Å²) in [5.41, 5.74) is 2.22. The Morgan fingerprint density at radius 2 is 1.73 bits per heavy atom. The van der Waals surface area contributed by atoms with Crippen LogP contribution in [-0.4, -0.2) is 28.6 Å². The van der Waals surface area contributed by atoms with E-state index in [0.717, 1.165) is 5.56 Å². The smallest absolute Gasteiger partial charge is 0.336 e. The van der Waals surface area contributed by atoms with Crippen molar-refractivity contribution in [2.45, 2.75) is 19.8 Å². The molecule has 22 heavy (non-hydrogen) atoms. The van der Waals surface area contributed by atoms with Crippen LogP contribution in [-0.2, 0) is 0 Å². The number of aliphatic hydroxyl groups is 1. The monoisotopic (exact) mass is 298 g/mol. The Morgan fingerprint density at radius 1 is 1.09 bits per heavy atom. The van der Waals surface area contributed by atoms with Crippen molar-refractivity contribution in [1.29, 1.82) is 0 Å². The van der Waals surface area contributed by atoms with Crippen molar-refractivity contribution in [2.24, 2.45) is 0 Å². The number of carboxylic acid groups (broad SMARTS) is 1. The molecule has 0 aliphatic carbocycles. The highest BCUT2D eigenvalue weighted by Gasteiger charge is 2.27. The zero-order valence-electron chi connectivity index (χ0n) is 12.5. The second-order valence-corrected chi connectivity index (χ2v) is 5.32. The summed E-state index contributed by atoms with van der Waals surface area (Å²) in [7, 11) is 0. The lowest BCUT2D eigenvalue weighted by Gasteiger charge is -2.17.